The van der Waals surface area contributed by atoms with Crippen LogP contribution < -0.4 is 0 Å². The molecule has 0 spiro atoms. The third kappa shape index (κ3) is 1.70. The van der Waals surface area contributed by atoms with Crippen molar-refractivity contribution in [2.75, 3.05) is 13.6 Å². The number of rotatable bonds is 0. The van der Waals surface area contributed by atoms with Gasteiger partial charge in [0.2, 0.25) is 0 Å². The molecule has 0 bridgehead atoms. The zero-order chi connectivity index (χ0) is 12.9. The van der Waals surface area contributed by atoms with E-state index in [2.05, 4.69) is 29.9 Å². The minimum atomic E-state index is 1.03. The topological polar surface area (TPSA) is 29.0 Å². The van der Waals surface area contributed by atoms with Crippen molar-refractivity contribution >= 4 is 11.0 Å². The molecule has 1 aromatic heterocycles. The van der Waals surface area contributed by atoms with Gasteiger partial charge in [0, 0.05) is 13.1 Å². The number of aryl methyl sites for hydroxylation is 3. The molecule has 0 saturated carbocycles. The Hall–Kier alpha value is -1.48. The molecule has 0 N–H and O–H groups in total. The summed E-state index contributed by atoms with van der Waals surface area (Å²) in [7, 11) is 2.18. The highest BCUT2D eigenvalue weighted by atomic mass is 15.1. The summed E-state index contributed by atoms with van der Waals surface area (Å²) in [4.78, 5) is 11.8. The van der Waals surface area contributed by atoms with Gasteiger partial charge in [-0.05, 0) is 57.0 Å². The van der Waals surface area contributed by atoms with Crippen molar-refractivity contribution in [3.8, 4) is 0 Å². The minimum Gasteiger partial charge on any atom is -0.302 e. The highest BCUT2D eigenvalue weighted by Gasteiger charge is 2.19. The van der Waals surface area contributed by atoms with Gasteiger partial charge in [-0.15, -0.1) is 0 Å². The smallest absolute Gasteiger partial charge is 0.0926 e. The summed E-state index contributed by atoms with van der Waals surface area (Å²) in [5, 5.41) is 0. The molecule has 0 unspecified atom stereocenters. The van der Waals surface area contributed by atoms with Gasteiger partial charge in [0.25, 0.3) is 0 Å². The lowest BCUT2D eigenvalue weighted by atomic mass is 9.94. The summed E-state index contributed by atoms with van der Waals surface area (Å²) in [5.41, 5.74) is 8.47. The summed E-state index contributed by atoms with van der Waals surface area (Å²) in [6.07, 6.45) is 1.08. The van der Waals surface area contributed by atoms with Gasteiger partial charge >= 0.3 is 0 Å². The molecule has 0 atom stereocenters. The van der Waals surface area contributed by atoms with Gasteiger partial charge in [0.05, 0.1) is 22.4 Å². The first-order valence-electron chi connectivity index (χ1n) is 6.51. The zero-order valence-electron chi connectivity index (χ0n) is 11.5. The standard InChI is InChI=1S/C15H19N3/c1-9-7-14-15(17-11(3)10(2)16-14)12-5-6-18(4)8-13(9)12/h7H,5-6,8H2,1-4H3. The van der Waals surface area contributed by atoms with Crippen LogP contribution in [-0.4, -0.2) is 28.5 Å². The lowest BCUT2D eigenvalue weighted by Gasteiger charge is -2.27. The average Bonchev–Trinajstić information content (AvgIpc) is 2.32. The molecule has 1 aromatic carbocycles. The van der Waals surface area contributed by atoms with Gasteiger partial charge in [-0.25, -0.2) is 9.97 Å². The highest BCUT2D eigenvalue weighted by molar-refractivity contribution is 5.81. The molecule has 2 aromatic rings. The number of fused-ring (bicyclic) bond motifs is 3. The van der Waals surface area contributed by atoms with Crippen molar-refractivity contribution in [3.05, 3.63) is 34.1 Å². The Morgan fingerprint density at radius 3 is 2.56 bits per heavy atom. The molecule has 0 amide bonds. The normalized spacial score (nSPS) is 16.0. The summed E-state index contributed by atoms with van der Waals surface area (Å²) >= 11 is 0. The zero-order valence-corrected chi connectivity index (χ0v) is 11.5. The molecule has 94 valence electrons. The second kappa shape index (κ2) is 4.02. The Kier molecular flexibility index (Phi) is 2.59. The van der Waals surface area contributed by atoms with Gasteiger partial charge in [-0.2, -0.15) is 0 Å². The van der Waals surface area contributed by atoms with Crippen molar-refractivity contribution in [2.24, 2.45) is 0 Å². The number of likely N-dealkylation sites (N-methyl/N-ethyl adjacent to an activating group) is 1. The van der Waals surface area contributed by atoms with Crippen LogP contribution in [0.1, 0.15) is 28.1 Å². The summed E-state index contributed by atoms with van der Waals surface area (Å²) in [5.74, 6) is 0. The molecule has 0 aliphatic carbocycles. The number of hydrogen-bond donors (Lipinski definition) is 0. The Balaban J connectivity index is 2.33. The lowest BCUT2D eigenvalue weighted by molar-refractivity contribution is 0.313. The van der Waals surface area contributed by atoms with E-state index in [1.807, 2.05) is 13.8 Å². The SMILES string of the molecule is Cc1cc2nc(C)c(C)nc2c2c1CN(C)CC2. The van der Waals surface area contributed by atoms with Crippen LogP contribution in [0.5, 0.6) is 0 Å². The largest absolute Gasteiger partial charge is 0.302 e. The van der Waals surface area contributed by atoms with Crippen LogP contribution >= 0.6 is 0 Å². The fourth-order valence-corrected chi connectivity index (χ4v) is 2.76. The van der Waals surface area contributed by atoms with Crippen molar-refractivity contribution in [1.29, 1.82) is 0 Å². The summed E-state index contributed by atoms with van der Waals surface area (Å²) < 4.78 is 0. The fraction of sp³-hybridized carbons (Fsp3) is 0.467. The van der Waals surface area contributed by atoms with Crippen LogP contribution in [0.2, 0.25) is 0 Å². The van der Waals surface area contributed by atoms with E-state index in [-0.39, 0.29) is 0 Å². The average molecular weight is 241 g/mol. The Morgan fingerprint density at radius 1 is 1.06 bits per heavy atom. The van der Waals surface area contributed by atoms with E-state index in [0.717, 1.165) is 41.9 Å². The summed E-state index contributed by atoms with van der Waals surface area (Å²) in [6.45, 7) is 8.41. The van der Waals surface area contributed by atoms with Gasteiger partial charge in [0.1, 0.15) is 0 Å². The Labute approximate surface area is 108 Å². The van der Waals surface area contributed by atoms with Crippen LogP contribution in [-0.2, 0) is 13.0 Å². The second-order valence-electron chi connectivity index (χ2n) is 5.40. The van der Waals surface area contributed by atoms with Gasteiger partial charge < -0.3 is 4.90 Å². The molecular formula is C15H19N3. The predicted molar refractivity (Wildman–Crippen MR) is 73.8 cm³/mol. The van der Waals surface area contributed by atoms with E-state index in [9.17, 15) is 0 Å². The van der Waals surface area contributed by atoms with Crippen LogP contribution in [0.25, 0.3) is 11.0 Å². The molecule has 0 fully saturated rings. The first-order valence-corrected chi connectivity index (χ1v) is 6.51. The van der Waals surface area contributed by atoms with E-state index in [0.29, 0.717) is 0 Å². The van der Waals surface area contributed by atoms with Crippen LogP contribution in [0.15, 0.2) is 6.07 Å². The lowest BCUT2D eigenvalue weighted by Crippen LogP contribution is -2.27. The third-order valence-corrected chi connectivity index (χ3v) is 3.98. The maximum Gasteiger partial charge on any atom is 0.0926 e. The molecule has 18 heavy (non-hydrogen) atoms. The van der Waals surface area contributed by atoms with Crippen molar-refractivity contribution in [1.82, 2.24) is 14.9 Å². The van der Waals surface area contributed by atoms with Crippen molar-refractivity contribution < 1.29 is 0 Å². The number of hydrogen-bond acceptors (Lipinski definition) is 3. The van der Waals surface area contributed by atoms with E-state index < -0.39 is 0 Å². The quantitative estimate of drug-likeness (QED) is 0.709. The number of benzene rings is 1. The molecule has 3 rings (SSSR count). The predicted octanol–water partition coefficient (Wildman–Crippen LogP) is 2.54. The summed E-state index contributed by atoms with van der Waals surface area (Å²) in [6, 6.07) is 2.19. The minimum absolute atomic E-state index is 1.03. The van der Waals surface area contributed by atoms with Crippen LogP contribution in [0, 0.1) is 20.8 Å². The van der Waals surface area contributed by atoms with Crippen LogP contribution in [0.4, 0.5) is 0 Å². The molecule has 3 heteroatoms. The van der Waals surface area contributed by atoms with E-state index in [1.54, 1.807) is 0 Å². The molecule has 0 radical (unpaired) electrons. The fourth-order valence-electron chi connectivity index (χ4n) is 2.76. The van der Waals surface area contributed by atoms with Crippen LogP contribution in [0.3, 0.4) is 0 Å². The van der Waals surface area contributed by atoms with E-state index in [1.165, 1.54) is 16.7 Å². The van der Waals surface area contributed by atoms with E-state index >= 15 is 0 Å². The number of nitrogens with zero attached hydrogens (tertiary/aromatic N) is 3. The van der Waals surface area contributed by atoms with E-state index in [4.69, 9.17) is 4.98 Å². The van der Waals surface area contributed by atoms with Gasteiger partial charge in [-0.1, -0.05) is 0 Å². The third-order valence-electron chi connectivity index (χ3n) is 3.98. The van der Waals surface area contributed by atoms with Crippen molar-refractivity contribution in [3.63, 3.8) is 0 Å². The maximum absolute atomic E-state index is 4.77. The highest BCUT2D eigenvalue weighted by Crippen LogP contribution is 2.28. The molecule has 1 aliphatic heterocycles. The molecule has 2 heterocycles. The molecule has 3 nitrogen and oxygen atoms in total. The van der Waals surface area contributed by atoms with Crippen molar-refractivity contribution in [2.45, 2.75) is 33.7 Å². The first-order chi connectivity index (χ1) is 8.56. The Morgan fingerprint density at radius 2 is 1.78 bits per heavy atom. The molecular weight excluding hydrogens is 222 g/mol. The Bertz CT molecular complexity index is 631. The first kappa shape index (κ1) is 11.6. The monoisotopic (exact) mass is 241 g/mol. The molecule has 0 saturated heterocycles. The maximum atomic E-state index is 4.77. The van der Waals surface area contributed by atoms with Gasteiger partial charge in [-0.3, -0.25) is 0 Å². The number of aromatic nitrogens is 2. The second-order valence-corrected chi connectivity index (χ2v) is 5.40. The van der Waals surface area contributed by atoms with Gasteiger partial charge in [0.15, 0.2) is 0 Å². The molecule has 1 aliphatic rings.